The first-order valence-electron chi connectivity index (χ1n) is 6.97. The summed E-state index contributed by atoms with van der Waals surface area (Å²) in [4.78, 5) is 2.50. The Balaban J connectivity index is 3.89. The smallest absolute Gasteiger partial charge is 0.00443 e. The van der Waals surface area contributed by atoms with E-state index in [1.807, 2.05) is 0 Å². The zero-order valence-electron chi connectivity index (χ0n) is 12.1. The second-order valence-corrected chi connectivity index (χ2v) is 5.39. The Morgan fingerprint density at radius 3 is 2.31 bits per heavy atom. The Hall–Kier alpha value is -0.0800. The Morgan fingerprint density at radius 2 is 1.81 bits per heavy atom. The highest BCUT2D eigenvalue weighted by molar-refractivity contribution is 4.78. The molecule has 0 saturated carbocycles. The van der Waals surface area contributed by atoms with Gasteiger partial charge < -0.3 is 10.2 Å². The maximum absolute atomic E-state index is 3.49. The fourth-order valence-electron chi connectivity index (χ4n) is 2.08. The van der Waals surface area contributed by atoms with Crippen LogP contribution in [0.15, 0.2) is 0 Å². The summed E-state index contributed by atoms with van der Waals surface area (Å²) in [5, 5.41) is 3.49. The van der Waals surface area contributed by atoms with Gasteiger partial charge in [0.2, 0.25) is 0 Å². The van der Waals surface area contributed by atoms with Gasteiger partial charge in [0.25, 0.3) is 0 Å². The van der Waals surface area contributed by atoms with Crippen LogP contribution in [0.3, 0.4) is 0 Å². The van der Waals surface area contributed by atoms with Crippen LogP contribution in [-0.4, -0.2) is 38.1 Å². The van der Waals surface area contributed by atoms with Crippen LogP contribution in [0.2, 0.25) is 0 Å². The Labute approximate surface area is 103 Å². The van der Waals surface area contributed by atoms with Gasteiger partial charge in [0.15, 0.2) is 0 Å². The van der Waals surface area contributed by atoms with Gasteiger partial charge in [-0.3, -0.25) is 0 Å². The van der Waals surface area contributed by atoms with E-state index in [4.69, 9.17) is 0 Å². The van der Waals surface area contributed by atoms with Crippen LogP contribution in [0.25, 0.3) is 0 Å². The van der Waals surface area contributed by atoms with Gasteiger partial charge in [-0.05, 0) is 38.4 Å². The molecule has 1 atom stereocenters. The van der Waals surface area contributed by atoms with Crippen molar-refractivity contribution in [1.82, 2.24) is 10.2 Å². The molecule has 0 fully saturated rings. The van der Waals surface area contributed by atoms with Gasteiger partial charge in [-0.15, -0.1) is 0 Å². The van der Waals surface area contributed by atoms with Crippen molar-refractivity contribution in [3.63, 3.8) is 0 Å². The molecule has 0 radical (unpaired) electrons. The number of nitrogens with one attached hydrogen (secondary N) is 1. The highest BCUT2D eigenvalue weighted by Gasteiger charge is 2.22. The first kappa shape index (κ1) is 15.9. The molecule has 0 heterocycles. The predicted octanol–water partition coefficient (Wildman–Crippen LogP) is 3.13. The first-order chi connectivity index (χ1) is 7.58. The molecule has 0 aliphatic heterocycles. The Morgan fingerprint density at radius 1 is 1.12 bits per heavy atom. The molecule has 16 heavy (non-hydrogen) atoms. The summed E-state index contributed by atoms with van der Waals surface area (Å²) in [7, 11) is 2.26. The summed E-state index contributed by atoms with van der Waals surface area (Å²) in [5.74, 6) is 0. The van der Waals surface area contributed by atoms with Gasteiger partial charge in [-0.2, -0.15) is 0 Å². The molecule has 0 aliphatic rings. The maximum atomic E-state index is 3.49. The topological polar surface area (TPSA) is 15.3 Å². The second kappa shape index (κ2) is 9.00. The van der Waals surface area contributed by atoms with E-state index in [9.17, 15) is 0 Å². The molecule has 2 nitrogen and oxygen atoms in total. The fraction of sp³-hybridized carbons (Fsp3) is 1.00. The van der Waals surface area contributed by atoms with Crippen molar-refractivity contribution in [1.29, 1.82) is 0 Å². The van der Waals surface area contributed by atoms with Crippen molar-refractivity contribution in [3.05, 3.63) is 0 Å². The van der Waals surface area contributed by atoms with Crippen molar-refractivity contribution in [2.24, 2.45) is 5.41 Å². The second-order valence-electron chi connectivity index (χ2n) is 5.39. The quantitative estimate of drug-likeness (QED) is 0.578. The highest BCUT2D eigenvalue weighted by atomic mass is 15.1. The minimum absolute atomic E-state index is 0.428. The van der Waals surface area contributed by atoms with Crippen molar-refractivity contribution in [3.8, 4) is 0 Å². The van der Waals surface area contributed by atoms with Gasteiger partial charge in [0, 0.05) is 13.1 Å². The van der Waals surface area contributed by atoms with E-state index in [0.29, 0.717) is 5.41 Å². The third-order valence-corrected chi connectivity index (χ3v) is 3.45. The molecule has 1 N–H and O–H groups in total. The summed E-state index contributed by atoms with van der Waals surface area (Å²) in [5.41, 5.74) is 0.428. The fourth-order valence-corrected chi connectivity index (χ4v) is 2.08. The molecule has 0 aliphatic carbocycles. The van der Waals surface area contributed by atoms with E-state index in [2.05, 4.69) is 45.0 Å². The Kier molecular flexibility index (Phi) is 8.96. The minimum Gasteiger partial charge on any atom is -0.316 e. The summed E-state index contributed by atoms with van der Waals surface area (Å²) >= 11 is 0. The van der Waals surface area contributed by atoms with E-state index >= 15 is 0 Å². The standard InChI is InChI=1S/C14H32N2/c1-6-9-10-11-16(5)13-14(4,7-2)12-15-8-3/h15H,6-13H2,1-5H3. The molecule has 0 saturated heterocycles. The molecule has 0 bridgehead atoms. The van der Waals surface area contributed by atoms with E-state index in [1.165, 1.54) is 38.8 Å². The monoisotopic (exact) mass is 228 g/mol. The van der Waals surface area contributed by atoms with Crippen LogP contribution >= 0.6 is 0 Å². The lowest BCUT2D eigenvalue weighted by Gasteiger charge is -2.33. The molecule has 2 heteroatoms. The van der Waals surface area contributed by atoms with Crippen LogP contribution in [0.5, 0.6) is 0 Å². The first-order valence-corrected chi connectivity index (χ1v) is 6.97. The normalized spacial score (nSPS) is 15.4. The highest BCUT2D eigenvalue weighted by Crippen LogP contribution is 2.21. The van der Waals surface area contributed by atoms with Gasteiger partial charge in [0.05, 0.1) is 0 Å². The number of rotatable bonds is 10. The summed E-state index contributed by atoms with van der Waals surface area (Å²) in [6.45, 7) is 13.8. The molecule has 1 unspecified atom stereocenters. The molecular formula is C14H32N2. The third kappa shape index (κ3) is 7.24. The molecule has 0 aromatic heterocycles. The molecule has 0 aromatic rings. The number of hydrogen-bond acceptors (Lipinski definition) is 2. The SMILES string of the molecule is CCCCCN(C)CC(C)(CC)CNCC. The number of unbranched alkanes of at least 4 members (excludes halogenated alkanes) is 2. The molecule has 98 valence electrons. The summed E-state index contributed by atoms with van der Waals surface area (Å²) in [6, 6.07) is 0. The number of nitrogens with zero attached hydrogens (tertiary/aromatic N) is 1. The van der Waals surface area contributed by atoms with Crippen LogP contribution in [-0.2, 0) is 0 Å². The molecule has 0 spiro atoms. The summed E-state index contributed by atoms with van der Waals surface area (Å²) in [6.07, 6.45) is 5.27. The van der Waals surface area contributed by atoms with Crippen LogP contribution in [0, 0.1) is 5.41 Å². The number of hydrogen-bond donors (Lipinski definition) is 1. The summed E-state index contributed by atoms with van der Waals surface area (Å²) < 4.78 is 0. The van der Waals surface area contributed by atoms with Gasteiger partial charge >= 0.3 is 0 Å². The van der Waals surface area contributed by atoms with E-state index < -0.39 is 0 Å². The average Bonchev–Trinajstić information content (AvgIpc) is 2.27. The average molecular weight is 228 g/mol. The third-order valence-electron chi connectivity index (χ3n) is 3.45. The molecular weight excluding hydrogens is 196 g/mol. The predicted molar refractivity (Wildman–Crippen MR) is 74.0 cm³/mol. The van der Waals surface area contributed by atoms with Gasteiger partial charge in [-0.25, -0.2) is 0 Å². The Bertz CT molecular complexity index is 159. The lowest BCUT2D eigenvalue weighted by molar-refractivity contribution is 0.179. The van der Waals surface area contributed by atoms with Crippen LogP contribution in [0.4, 0.5) is 0 Å². The van der Waals surface area contributed by atoms with Crippen molar-refractivity contribution >= 4 is 0 Å². The van der Waals surface area contributed by atoms with E-state index in [1.54, 1.807) is 0 Å². The maximum Gasteiger partial charge on any atom is 0.00443 e. The largest absolute Gasteiger partial charge is 0.316 e. The molecule has 0 aromatic carbocycles. The lowest BCUT2D eigenvalue weighted by atomic mass is 9.87. The minimum atomic E-state index is 0.428. The lowest BCUT2D eigenvalue weighted by Crippen LogP contribution is -2.40. The zero-order chi connectivity index (χ0) is 12.4. The van der Waals surface area contributed by atoms with E-state index in [0.717, 1.165) is 13.1 Å². The molecule has 0 amide bonds. The van der Waals surface area contributed by atoms with Gasteiger partial charge in [0.1, 0.15) is 0 Å². The van der Waals surface area contributed by atoms with E-state index in [-0.39, 0.29) is 0 Å². The van der Waals surface area contributed by atoms with Crippen LogP contribution in [0.1, 0.15) is 53.4 Å². The van der Waals surface area contributed by atoms with Crippen molar-refractivity contribution in [2.45, 2.75) is 53.4 Å². The van der Waals surface area contributed by atoms with Crippen molar-refractivity contribution in [2.75, 3.05) is 33.2 Å². The van der Waals surface area contributed by atoms with Crippen molar-refractivity contribution < 1.29 is 0 Å². The molecule has 0 rings (SSSR count). The van der Waals surface area contributed by atoms with Crippen LogP contribution < -0.4 is 5.32 Å². The zero-order valence-corrected chi connectivity index (χ0v) is 12.1. The van der Waals surface area contributed by atoms with Gasteiger partial charge in [-0.1, -0.05) is 40.5 Å².